The first kappa shape index (κ1) is 19.4. The number of nitrogens with one attached hydrogen (secondary N) is 2. The molecule has 9 heteroatoms. The van der Waals surface area contributed by atoms with Crippen LogP contribution in [0, 0.1) is 0 Å². The fourth-order valence-electron chi connectivity index (χ4n) is 2.17. The maximum absolute atomic E-state index is 12.3. The second-order valence-electron chi connectivity index (χ2n) is 5.50. The van der Waals surface area contributed by atoms with Gasteiger partial charge in [-0.3, -0.25) is 4.79 Å². The molecule has 1 amide bonds. The van der Waals surface area contributed by atoms with Gasteiger partial charge >= 0.3 is 6.18 Å². The molecular formula is C17H18F3N3O3. The Morgan fingerprint density at radius 3 is 2.65 bits per heavy atom. The number of aromatic nitrogens is 1. The summed E-state index contributed by atoms with van der Waals surface area (Å²) in [4.78, 5) is 16.4. The van der Waals surface area contributed by atoms with Gasteiger partial charge < -0.3 is 20.5 Å². The number of rotatable bonds is 6. The second kappa shape index (κ2) is 7.94. The number of nitrogens with zero attached hydrogens (tertiary/aromatic N) is 1. The molecule has 6 nitrogen and oxygen atoms in total. The van der Waals surface area contributed by atoms with Gasteiger partial charge in [0.1, 0.15) is 17.3 Å². The third-order valence-electron chi connectivity index (χ3n) is 3.50. The highest BCUT2D eigenvalue weighted by molar-refractivity contribution is 5.97. The smallest absolute Gasteiger partial charge is 0.422 e. The van der Waals surface area contributed by atoms with E-state index in [2.05, 4.69) is 20.4 Å². The van der Waals surface area contributed by atoms with Crippen LogP contribution in [0.2, 0.25) is 0 Å². The van der Waals surface area contributed by atoms with E-state index in [9.17, 15) is 23.1 Å². The first-order valence-corrected chi connectivity index (χ1v) is 7.66. The molecule has 1 aromatic heterocycles. The molecule has 3 N–H and O–H groups in total. The predicted octanol–water partition coefficient (Wildman–Crippen LogP) is 3.26. The molecule has 140 valence electrons. The molecule has 2 rings (SSSR count). The monoisotopic (exact) mass is 369 g/mol. The molecular weight excluding hydrogens is 351 g/mol. The van der Waals surface area contributed by atoms with Crippen molar-refractivity contribution in [2.45, 2.75) is 19.1 Å². The minimum absolute atomic E-state index is 0.0703. The van der Waals surface area contributed by atoms with Crippen molar-refractivity contribution in [1.29, 1.82) is 0 Å². The molecule has 0 bridgehead atoms. The number of hydrogen-bond acceptors (Lipinski definition) is 5. The zero-order chi connectivity index (χ0) is 19.3. The lowest BCUT2D eigenvalue weighted by atomic mass is 10.1. The summed E-state index contributed by atoms with van der Waals surface area (Å²) in [6.45, 7) is 0.273. The Morgan fingerprint density at radius 2 is 2.04 bits per heavy atom. The van der Waals surface area contributed by atoms with E-state index in [0.717, 1.165) is 11.6 Å². The quantitative estimate of drug-likeness (QED) is 0.728. The minimum Gasteiger partial charge on any atom is -0.507 e. The zero-order valence-corrected chi connectivity index (χ0v) is 14.1. The van der Waals surface area contributed by atoms with E-state index < -0.39 is 24.4 Å². The summed E-state index contributed by atoms with van der Waals surface area (Å²) < 4.78 is 41.0. The predicted molar refractivity (Wildman–Crippen MR) is 89.3 cm³/mol. The normalized spacial score (nSPS) is 12.3. The molecule has 0 spiro atoms. The lowest BCUT2D eigenvalue weighted by molar-refractivity contribution is -0.153. The molecule has 0 fully saturated rings. The summed E-state index contributed by atoms with van der Waals surface area (Å²) in [5, 5.41) is 15.5. The zero-order valence-electron chi connectivity index (χ0n) is 14.1. The number of alkyl halides is 3. The lowest BCUT2D eigenvalue weighted by Gasteiger charge is -2.16. The number of halogens is 3. The number of amides is 1. The average molecular weight is 369 g/mol. The fraction of sp³-hybridized carbons (Fsp3) is 0.294. The van der Waals surface area contributed by atoms with Crippen LogP contribution in [0.25, 0.3) is 0 Å². The van der Waals surface area contributed by atoms with Crippen LogP contribution >= 0.6 is 0 Å². The topological polar surface area (TPSA) is 83.5 Å². The Morgan fingerprint density at radius 1 is 1.31 bits per heavy atom. The third-order valence-corrected chi connectivity index (χ3v) is 3.50. The largest absolute Gasteiger partial charge is 0.507 e. The number of phenolic OH excluding ortho intramolecular Hbond substituents is 1. The Labute approximate surface area is 148 Å². The van der Waals surface area contributed by atoms with Crippen molar-refractivity contribution >= 4 is 11.7 Å². The summed E-state index contributed by atoms with van der Waals surface area (Å²) in [6.07, 6.45) is -2.90. The molecule has 1 atom stereocenters. The average Bonchev–Trinajstić information content (AvgIpc) is 2.59. The number of hydrogen-bond donors (Lipinski definition) is 3. The van der Waals surface area contributed by atoms with Crippen molar-refractivity contribution in [2.75, 3.05) is 19.0 Å². The van der Waals surface area contributed by atoms with Crippen LogP contribution in [0.1, 0.15) is 28.9 Å². The number of pyridine rings is 1. The lowest BCUT2D eigenvalue weighted by Crippen LogP contribution is -2.26. The summed E-state index contributed by atoms with van der Waals surface area (Å²) >= 11 is 0. The minimum atomic E-state index is -4.49. The highest BCUT2D eigenvalue weighted by atomic mass is 19.4. The molecule has 0 aliphatic carbocycles. The molecule has 2 aromatic rings. The number of benzene rings is 1. The molecule has 0 aliphatic rings. The fourth-order valence-corrected chi connectivity index (χ4v) is 2.17. The van der Waals surface area contributed by atoms with Crippen LogP contribution in [0.4, 0.5) is 19.0 Å². The van der Waals surface area contributed by atoms with Gasteiger partial charge in [-0.1, -0.05) is 0 Å². The number of phenols is 1. The Hall–Kier alpha value is -2.97. The van der Waals surface area contributed by atoms with Gasteiger partial charge in [-0.2, -0.15) is 13.2 Å². The summed E-state index contributed by atoms with van der Waals surface area (Å²) in [7, 11) is 1.72. The maximum Gasteiger partial charge on any atom is 0.422 e. The molecule has 0 saturated carbocycles. The van der Waals surface area contributed by atoms with E-state index >= 15 is 0 Å². The Balaban J connectivity index is 2.06. The van der Waals surface area contributed by atoms with Crippen LogP contribution in [-0.2, 0) is 0 Å². The van der Waals surface area contributed by atoms with E-state index in [0.29, 0.717) is 5.82 Å². The van der Waals surface area contributed by atoms with Gasteiger partial charge in [0.15, 0.2) is 6.61 Å². The van der Waals surface area contributed by atoms with Gasteiger partial charge in [-0.15, -0.1) is 0 Å². The molecule has 0 saturated heterocycles. The van der Waals surface area contributed by atoms with E-state index in [1.165, 1.54) is 12.1 Å². The molecule has 0 radical (unpaired) electrons. The number of carbonyl (C=O) groups is 1. The molecule has 0 aliphatic heterocycles. The van der Waals surface area contributed by atoms with Crippen LogP contribution in [0.3, 0.4) is 0 Å². The number of ether oxygens (including phenoxy) is 1. The van der Waals surface area contributed by atoms with Gasteiger partial charge in [0.05, 0.1) is 11.6 Å². The van der Waals surface area contributed by atoms with E-state index in [-0.39, 0.29) is 17.4 Å². The number of aromatic hydroxyl groups is 1. The summed E-state index contributed by atoms with van der Waals surface area (Å²) in [5.41, 5.74) is 0.724. The summed E-state index contributed by atoms with van der Waals surface area (Å²) in [6, 6.07) is 6.49. The molecule has 1 heterocycles. The third kappa shape index (κ3) is 5.27. The van der Waals surface area contributed by atoms with Crippen molar-refractivity contribution in [3.05, 3.63) is 47.7 Å². The Bertz CT molecular complexity index is 781. The standard InChI is InChI=1S/C17H18F3N3O3/c1-10(11-5-6-22-15(7-11)21-2)23-16(25)13-4-3-12(8-14(13)24)26-9-17(18,19)20/h3-8,10,24H,9H2,1-2H3,(H,21,22)(H,23,25). The van der Waals surface area contributed by atoms with Crippen LogP contribution in [-0.4, -0.2) is 35.8 Å². The molecule has 1 unspecified atom stereocenters. The van der Waals surface area contributed by atoms with Gasteiger partial charge in [0.2, 0.25) is 0 Å². The van der Waals surface area contributed by atoms with Crippen molar-refractivity contribution in [3.8, 4) is 11.5 Å². The van der Waals surface area contributed by atoms with Gasteiger partial charge in [0.25, 0.3) is 5.91 Å². The van der Waals surface area contributed by atoms with E-state index in [1.807, 2.05) is 0 Å². The van der Waals surface area contributed by atoms with Crippen molar-refractivity contribution in [2.24, 2.45) is 0 Å². The molecule has 1 aromatic carbocycles. The number of anilines is 1. The van der Waals surface area contributed by atoms with Crippen LogP contribution < -0.4 is 15.4 Å². The second-order valence-corrected chi connectivity index (χ2v) is 5.50. The van der Waals surface area contributed by atoms with E-state index in [4.69, 9.17) is 0 Å². The van der Waals surface area contributed by atoms with Gasteiger partial charge in [0, 0.05) is 19.3 Å². The maximum atomic E-state index is 12.3. The Kier molecular flexibility index (Phi) is 5.91. The first-order valence-electron chi connectivity index (χ1n) is 7.66. The van der Waals surface area contributed by atoms with E-state index in [1.54, 1.807) is 32.3 Å². The van der Waals surface area contributed by atoms with Crippen LogP contribution in [0.15, 0.2) is 36.5 Å². The van der Waals surface area contributed by atoms with Crippen molar-refractivity contribution in [3.63, 3.8) is 0 Å². The van der Waals surface area contributed by atoms with Gasteiger partial charge in [-0.25, -0.2) is 4.98 Å². The highest BCUT2D eigenvalue weighted by Crippen LogP contribution is 2.26. The van der Waals surface area contributed by atoms with Crippen molar-refractivity contribution < 1.29 is 27.8 Å². The van der Waals surface area contributed by atoms with Crippen LogP contribution in [0.5, 0.6) is 11.5 Å². The SMILES string of the molecule is CNc1cc(C(C)NC(=O)c2ccc(OCC(F)(F)F)cc2O)ccn1. The van der Waals surface area contributed by atoms with Crippen molar-refractivity contribution in [1.82, 2.24) is 10.3 Å². The number of carbonyl (C=O) groups excluding carboxylic acids is 1. The highest BCUT2D eigenvalue weighted by Gasteiger charge is 2.28. The summed E-state index contributed by atoms with van der Waals surface area (Å²) in [5.74, 6) is -0.588. The van der Waals surface area contributed by atoms with Gasteiger partial charge in [-0.05, 0) is 36.8 Å². The first-order chi connectivity index (χ1) is 12.2. The molecule has 26 heavy (non-hydrogen) atoms.